The molecule has 1 aromatic heterocycles. The van der Waals surface area contributed by atoms with E-state index in [0.29, 0.717) is 23.2 Å². The number of para-hydroxylation sites is 1. The molecule has 0 bridgehead atoms. The lowest BCUT2D eigenvalue weighted by Crippen LogP contribution is -2.45. The molecule has 0 saturated carbocycles. The van der Waals surface area contributed by atoms with Gasteiger partial charge in [0.05, 0.1) is 0 Å². The maximum Gasteiger partial charge on any atom is 0.292 e. The number of hydrogen-bond donors (Lipinski definition) is 2. The van der Waals surface area contributed by atoms with Gasteiger partial charge in [0.2, 0.25) is 0 Å². The van der Waals surface area contributed by atoms with Crippen LogP contribution >= 0.6 is 0 Å². The van der Waals surface area contributed by atoms with Crippen molar-refractivity contribution >= 4 is 28.7 Å². The normalized spacial score (nSPS) is 15.2. The van der Waals surface area contributed by atoms with E-state index in [9.17, 15) is 4.79 Å². The molecule has 3 N–H and O–H groups in total. The fourth-order valence-electron chi connectivity index (χ4n) is 3.38. The lowest BCUT2D eigenvalue weighted by atomic mass is 10.1. The van der Waals surface area contributed by atoms with E-state index in [0.717, 1.165) is 31.7 Å². The van der Waals surface area contributed by atoms with E-state index in [-0.39, 0.29) is 11.9 Å². The maximum atomic E-state index is 12.6. The zero-order valence-electron chi connectivity index (χ0n) is 15.3. The summed E-state index contributed by atoms with van der Waals surface area (Å²) in [5, 5.41) is 3.01. The molecule has 1 fully saturated rings. The summed E-state index contributed by atoms with van der Waals surface area (Å²) in [6.07, 6.45) is 0. The molecule has 1 amide bonds. The van der Waals surface area contributed by atoms with Crippen LogP contribution in [0.3, 0.4) is 0 Å². The molecule has 1 saturated heterocycles. The van der Waals surface area contributed by atoms with Gasteiger partial charge in [-0.3, -0.25) is 4.79 Å². The number of nitrogens with two attached hydrogens (primary N) is 1. The van der Waals surface area contributed by atoms with Crippen molar-refractivity contribution in [2.45, 2.75) is 6.54 Å². The number of fused-ring (bicyclic) bond motifs is 1. The van der Waals surface area contributed by atoms with Crippen LogP contribution < -0.4 is 16.0 Å². The Bertz CT molecular complexity index is 960. The van der Waals surface area contributed by atoms with E-state index < -0.39 is 0 Å². The predicted octanol–water partition coefficient (Wildman–Crippen LogP) is 2.09. The molecular formula is C20H23N5O2. The van der Waals surface area contributed by atoms with E-state index in [1.54, 1.807) is 18.2 Å². The van der Waals surface area contributed by atoms with Crippen molar-refractivity contribution in [3.8, 4) is 0 Å². The first-order chi connectivity index (χ1) is 13.1. The Morgan fingerprint density at radius 3 is 2.78 bits per heavy atom. The molecule has 1 aliphatic heterocycles. The molecule has 7 heteroatoms. The van der Waals surface area contributed by atoms with Gasteiger partial charge < -0.3 is 25.3 Å². The van der Waals surface area contributed by atoms with E-state index in [1.807, 2.05) is 12.1 Å². The van der Waals surface area contributed by atoms with Crippen LogP contribution in [-0.2, 0) is 6.54 Å². The second-order valence-electron chi connectivity index (χ2n) is 6.84. The van der Waals surface area contributed by atoms with Crippen molar-refractivity contribution < 1.29 is 9.21 Å². The summed E-state index contributed by atoms with van der Waals surface area (Å²) in [7, 11) is 2.14. The molecule has 140 valence electrons. The average molecular weight is 365 g/mol. The average Bonchev–Trinajstić information content (AvgIpc) is 3.06. The number of anilines is 2. The van der Waals surface area contributed by atoms with Crippen molar-refractivity contribution in [2.24, 2.45) is 0 Å². The molecule has 0 atom stereocenters. The molecule has 0 aliphatic carbocycles. The summed E-state index contributed by atoms with van der Waals surface area (Å²) < 4.78 is 5.25. The minimum Gasteiger partial charge on any atom is -0.424 e. The van der Waals surface area contributed by atoms with E-state index >= 15 is 0 Å². The molecule has 4 rings (SSSR count). The number of benzene rings is 2. The Hall–Kier alpha value is -3.06. The Morgan fingerprint density at radius 2 is 1.96 bits per heavy atom. The molecule has 1 aliphatic rings. The number of piperazine rings is 1. The number of likely N-dealkylation sites (N-methyl/N-ethyl adjacent to an activating group) is 1. The van der Waals surface area contributed by atoms with Crippen LogP contribution in [0.25, 0.3) is 11.1 Å². The van der Waals surface area contributed by atoms with Gasteiger partial charge in [-0.2, -0.15) is 4.98 Å². The van der Waals surface area contributed by atoms with Gasteiger partial charge in [0.1, 0.15) is 5.52 Å². The largest absolute Gasteiger partial charge is 0.424 e. The van der Waals surface area contributed by atoms with Crippen molar-refractivity contribution in [1.29, 1.82) is 0 Å². The quantitative estimate of drug-likeness (QED) is 0.736. The zero-order valence-corrected chi connectivity index (χ0v) is 15.3. The summed E-state index contributed by atoms with van der Waals surface area (Å²) in [5.74, 6) is -0.147. The van der Waals surface area contributed by atoms with Crippen molar-refractivity contribution in [3.05, 3.63) is 53.6 Å². The smallest absolute Gasteiger partial charge is 0.292 e. The topological polar surface area (TPSA) is 87.6 Å². The second kappa shape index (κ2) is 7.28. The van der Waals surface area contributed by atoms with Crippen molar-refractivity contribution in [2.75, 3.05) is 43.9 Å². The maximum absolute atomic E-state index is 12.6. The number of oxazole rings is 1. The number of rotatable bonds is 4. The zero-order chi connectivity index (χ0) is 18.8. The standard InChI is InChI=1S/C20H23N5O2/c1-24-8-10-25(11-9-24)17-5-3-2-4-15(17)13-22-19(26)14-6-7-18-16(12-14)23-20(21)27-18/h2-7,12H,8-11,13H2,1H3,(H2,21,23)(H,22,26). The van der Waals surface area contributed by atoms with Gasteiger partial charge in [0, 0.05) is 44.0 Å². The van der Waals surface area contributed by atoms with Crippen LogP contribution in [0.2, 0.25) is 0 Å². The van der Waals surface area contributed by atoms with E-state index in [2.05, 4.69) is 39.3 Å². The molecular weight excluding hydrogens is 342 g/mol. The Morgan fingerprint density at radius 1 is 1.19 bits per heavy atom. The summed E-state index contributed by atoms with van der Waals surface area (Å²) in [4.78, 5) is 21.4. The number of nitrogens with one attached hydrogen (secondary N) is 1. The molecule has 27 heavy (non-hydrogen) atoms. The molecule has 0 unspecified atom stereocenters. The highest BCUT2D eigenvalue weighted by Gasteiger charge is 2.17. The van der Waals surface area contributed by atoms with Gasteiger partial charge >= 0.3 is 0 Å². The third-order valence-electron chi connectivity index (χ3n) is 4.94. The first-order valence-electron chi connectivity index (χ1n) is 9.06. The van der Waals surface area contributed by atoms with Crippen LogP contribution in [0.1, 0.15) is 15.9 Å². The van der Waals surface area contributed by atoms with Gasteiger partial charge in [-0.05, 0) is 36.9 Å². The van der Waals surface area contributed by atoms with Gasteiger partial charge in [0.15, 0.2) is 5.58 Å². The van der Waals surface area contributed by atoms with Crippen LogP contribution in [0, 0.1) is 0 Å². The Balaban J connectivity index is 1.47. The fraction of sp³-hybridized carbons (Fsp3) is 0.300. The minimum atomic E-state index is -0.147. The molecule has 2 aromatic carbocycles. The first kappa shape index (κ1) is 17.4. The summed E-state index contributed by atoms with van der Waals surface area (Å²) >= 11 is 0. The Labute approximate surface area is 157 Å². The number of nitrogens with zero attached hydrogens (tertiary/aromatic N) is 3. The monoisotopic (exact) mass is 365 g/mol. The molecule has 3 aromatic rings. The number of nitrogen functional groups attached to an aromatic ring is 1. The molecule has 0 radical (unpaired) electrons. The summed E-state index contributed by atoms with van der Waals surface area (Å²) in [6.45, 7) is 4.54. The van der Waals surface area contributed by atoms with Crippen LogP contribution in [0.15, 0.2) is 46.9 Å². The number of carbonyl (C=O) groups is 1. The lowest BCUT2D eigenvalue weighted by Gasteiger charge is -2.35. The number of hydrogen-bond acceptors (Lipinski definition) is 6. The van der Waals surface area contributed by atoms with Crippen molar-refractivity contribution in [1.82, 2.24) is 15.2 Å². The number of amides is 1. The molecule has 2 heterocycles. The highest BCUT2D eigenvalue weighted by Crippen LogP contribution is 2.22. The van der Waals surface area contributed by atoms with Gasteiger partial charge in [-0.15, -0.1) is 0 Å². The van der Waals surface area contributed by atoms with Crippen LogP contribution in [0.5, 0.6) is 0 Å². The van der Waals surface area contributed by atoms with Gasteiger partial charge in [-0.1, -0.05) is 18.2 Å². The van der Waals surface area contributed by atoms with Crippen molar-refractivity contribution in [3.63, 3.8) is 0 Å². The van der Waals surface area contributed by atoms with E-state index in [4.69, 9.17) is 10.2 Å². The van der Waals surface area contributed by atoms with Crippen LogP contribution in [0.4, 0.5) is 11.7 Å². The SMILES string of the molecule is CN1CCN(c2ccccc2CNC(=O)c2ccc3oc(N)nc3c2)CC1. The summed E-state index contributed by atoms with van der Waals surface area (Å²) in [5.41, 5.74) is 9.55. The minimum absolute atomic E-state index is 0.101. The third kappa shape index (κ3) is 3.73. The third-order valence-corrected chi connectivity index (χ3v) is 4.94. The highest BCUT2D eigenvalue weighted by molar-refractivity contribution is 5.97. The molecule has 7 nitrogen and oxygen atoms in total. The van der Waals surface area contributed by atoms with Gasteiger partial charge in [0.25, 0.3) is 11.9 Å². The predicted molar refractivity (Wildman–Crippen MR) is 106 cm³/mol. The fourth-order valence-corrected chi connectivity index (χ4v) is 3.38. The van der Waals surface area contributed by atoms with Crippen LogP contribution in [-0.4, -0.2) is 49.0 Å². The van der Waals surface area contributed by atoms with Gasteiger partial charge in [-0.25, -0.2) is 0 Å². The number of aromatic nitrogens is 1. The summed E-state index contributed by atoms with van der Waals surface area (Å²) in [6, 6.07) is 13.5. The first-order valence-corrected chi connectivity index (χ1v) is 9.06. The Kier molecular flexibility index (Phi) is 4.68. The number of carbonyl (C=O) groups excluding carboxylic acids is 1. The highest BCUT2D eigenvalue weighted by atomic mass is 16.4. The van der Waals surface area contributed by atoms with E-state index in [1.165, 1.54) is 5.69 Å². The second-order valence-corrected chi connectivity index (χ2v) is 6.84. The lowest BCUT2D eigenvalue weighted by molar-refractivity contribution is 0.0951. The molecule has 0 spiro atoms.